The van der Waals surface area contributed by atoms with Crippen molar-refractivity contribution in [1.82, 2.24) is 4.57 Å². The molecule has 0 saturated carbocycles. The second-order valence-electron chi connectivity index (χ2n) is 11.4. The normalized spacial score (nSPS) is 16.9. The van der Waals surface area contributed by atoms with E-state index in [2.05, 4.69) is 140 Å². The molecule has 1 atom stereocenters. The van der Waals surface area contributed by atoms with Gasteiger partial charge in [0.15, 0.2) is 0 Å². The number of benzene rings is 5. The lowest BCUT2D eigenvalue weighted by Crippen LogP contribution is -2.28. The summed E-state index contributed by atoms with van der Waals surface area (Å²) in [5.74, 6) is 0.535. The van der Waals surface area contributed by atoms with Crippen molar-refractivity contribution < 1.29 is 0 Å². The quantitative estimate of drug-likeness (QED) is 0.175. The standard InChI is InChI=1S/C39H30N2/c1-26-10-9-11-27(22-26)28-18-20-33-34-24-30(19-21-37(34)41(25-40)38(33)23-28)39(29-12-3-2-4-13-29)35-16-7-5-14-31(35)32-15-6-8-17-36(32)39/h2-21,23-26,40H,22H2,1H3. The van der Waals surface area contributed by atoms with E-state index in [0.717, 1.165) is 17.5 Å². The molecule has 0 radical (unpaired) electrons. The molecule has 196 valence electrons. The number of rotatable bonds is 4. The number of hydrogen-bond acceptors (Lipinski definition) is 1. The van der Waals surface area contributed by atoms with Crippen LogP contribution in [0.15, 0.2) is 133 Å². The first-order valence-electron chi connectivity index (χ1n) is 14.4. The monoisotopic (exact) mass is 526 g/mol. The zero-order chi connectivity index (χ0) is 27.6. The molecule has 0 saturated heterocycles. The Kier molecular flexibility index (Phi) is 5.27. The molecule has 1 N–H and O–H groups in total. The molecular weight excluding hydrogens is 496 g/mol. The molecule has 1 heterocycles. The molecule has 6 aromatic rings. The van der Waals surface area contributed by atoms with Crippen LogP contribution in [0.2, 0.25) is 0 Å². The molecule has 1 aromatic heterocycles. The highest BCUT2D eigenvalue weighted by Gasteiger charge is 2.45. The summed E-state index contributed by atoms with van der Waals surface area (Å²) in [5.41, 5.74) is 12.0. The van der Waals surface area contributed by atoms with Crippen LogP contribution in [0.1, 0.15) is 41.2 Å². The zero-order valence-electron chi connectivity index (χ0n) is 23.0. The van der Waals surface area contributed by atoms with Gasteiger partial charge in [0.1, 0.15) is 0 Å². The molecule has 0 aliphatic heterocycles. The lowest BCUT2D eigenvalue weighted by atomic mass is 9.67. The van der Waals surface area contributed by atoms with Crippen LogP contribution < -0.4 is 0 Å². The first-order valence-corrected chi connectivity index (χ1v) is 14.4. The van der Waals surface area contributed by atoms with Crippen molar-refractivity contribution in [2.45, 2.75) is 18.8 Å². The van der Waals surface area contributed by atoms with E-state index in [1.54, 1.807) is 0 Å². The molecule has 0 amide bonds. The summed E-state index contributed by atoms with van der Waals surface area (Å²) in [5, 5.41) is 10.7. The Morgan fingerprint density at radius 1 is 0.707 bits per heavy atom. The van der Waals surface area contributed by atoms with E-state index in [1.165, 1.54) is 61.6 Å². The molecule has 0 spiro atoms. The Morgan fingerprint density at radius 2 is 1.41 bits per heavy atom. The second kappa shape index (κ2) is 9.04. The van der Waals surface area contributed by atoms with E-state index < -0.39 is 5.41 Å². The van der Waals surface area contributed by atoms with Crippen LogP contribution in [0.4, 0.5) is 0 Å². The van der Waals surface area contributed by atoms with Gasteiger partial charge in [-0.3, -0.25) is 5.41 Å². The third-order valence-corrected chi connectivity index (χ3v) is 9.17. The van der Waals surface area contributed by atoms with Gasteiger partial charge in [-0.1, -0.05) is 122 Å². The van der Waals surface area contributed by atoms with Gasteiger partial charge < -0.3 is 4.57 Å². The molecule has 2 aliphatic carbocycles. The Hall–Kier alpha value is -4.95. The molecule has 0 fully saturated rings. The van der Waals surface area contributed by atoms with Crippen molar-refractivity contribution >= 4 is 33.7 Å². The highest BCUT2D eigenvalue weighted by atomic mass is 15.0. The molecule has 2 heteroatoms. The van der Waals surface area contributed by atoms with Crippen LogP contribution >= 0.6 is 0 Å². The predicted octanol–water partition coefficient (Wildman–Crippen LogP) is 9.59. The van der Waals surface area contributed by atoms with Gasteiger partial charge in [0.25, 0.3) is 0 Å². The molecule has 8 rings (SSSR count). The minimum atomic E-state index is -0.433. The largest absolute Gasteiger partial charge is 0.300 e. The van der Waals surface area contributed by atoms with Gasteiger partial charge in [-0.15, -0.1) is 0 Å². The molecule has 0 bridgehead atoms. The predicted molar refractivity (Wildman–Crippen MR) is 172 cm³/mol. The van der Waals surface area contributed by atoms with Crippen LogP contribution in [0.5, 0.6) is 0 Å². The lowest BCUT2D eigenvalue weighted by Gasteiger charge is -2.34. The average Bonchev–Trinajstić information content (AvgIpc) is 3.51. The molecule has 41 heavy (non-hydrogen) atoms. The Balaban J connectivity index is 1.42. The first kappa shape index (κ1) is 23.9. The van der Waals surface area contributed by atoms with Crippen molar-refractivity contribution in [1.29, 1.82) is 5.41 Å². The highest BCUT2D eigenvalue weighted by Crippen LogP contribution is 2.56. The number of aromatic nitrogens is 1. The van der Waals surface area contributed by atoms with Gasteiger partial charge in [0.2, 0.25) is 0 Å². The van der Waals surface area contributed by atoms with Gasteiger partial charge in [-0.25, -0.2) is 0 Å². The van der Waals surface area contributed by atoms with Crippen molar-refractivity contribution in [3.05, 3.63) is 161 Å². The maximum absolute atomic E-state index is 8.37. The van der Waals surface area contributed by atoms with E-state index >= 15 is 0 Å². The van der Waals surface area contributed by atoms with Crippen molar-refractivity contribution in [3.63, 3.8) is 0 Å². The molecular formula is C39H30N2. The average molecular weight is 527 g/mol. The third kappa shape index (κ3) is 3.34. The maximum atomic E-state index is 8.37. The fraction of sp³-hybridized carbons (Fsp3) is 0.103. The van der Waals surface area contributed by atoms with Crippen LogP contribution in [0, 0.1) is 11.3 Å². The van der Waals surface area contributed by atoms with E-state index in [0.29, 0.717) is 5.92 Å². The molecule has 2 nitrogen and oxygen atoms in total. The topological polar surface area (TPSA) is 28.8 Å². The summed E-state index contributed by atoms with van der Waals surface area (Å²) in [7, 11) is 0. The number of hydrogen-bond donors (Lipinski definition) is 1. The van der Waals surface area contributed by atoms with Gasteiger partial charge in [-0.05, 0) is 75.1 Å². The van der Waals surface area contributed by atoms with E-state index in [4.69, 9.17) is 5.41 Å². The smallest absolute Gasteiger partial charge is 0.0908 e. The summed E-state index contributed by atoms with van der Waals surface area (Å²) in [6.07, 6.45) is 9.16. The highest BCUT2D eigenvalue weighted by molar-refractivity contribution is 6.12. The fourth-order valence-corrected chi connectivity index (χ4v) is 7.39. The number of nitrogens with zero attached hydrogens (tertiary/aromatic N) is 1. The summed E-state index contributed by atoms with van der Waals surface area (Å²) in [6, 6.07) is 42.3. The van der Waals surface area contributed by atoms with Crippen molar-refractivity contribution in [3.8, 4) is 11.1 Å². The number of nitrogens with one attached hydrogen (secondary N) is 1. The summed E-state index contributed by atoms with van der Waals surface area (Å²) in [4.78, 5) is 0. The zero-order valence-corrected chi connectivity index (χ0v) is 23.0. The first-order chi connectivity index (χ1) is 20.2. The SMILES string of the molecule is CC1C=CC=C(c2ccc3c4cc(C5(c6ccccc6)c6ccccc6-c6ccccc65)ccc4n(C=N)c3c2)C1. The van der Waals surface area contributed by atoms with Gasteiger partial charge in [0, 0.05) is 10.8 Å². The van der Waals surface area contributed by atoms with Gasteiger partial charge >= 0.3 is 0 Å². The molecule has 2 aliphatic rings. The summed E-state index contributed by atoms with van der Waals surface area (Å²) >= 11 is 0. The fourth-order valence-electron chi connectivity index (χ4n) is 7.39. The Bertz CT molecular complexity index is 2010. The minimum absolute atomic E-state index is 0.433. The Morgan fingerprint density at radius 3 is 2.12 bits per heavy atom. The van der Waals surface area contributed by atoms with Crippen LogP contribution in [0.25, 0.3) is 38.5 Å². The van der Waals surface area contributed by atoms with Crippen molar-refractivity contribution in [2.24, 2.45) is 5.92 Å². The van der Waals surface area contributed by atoms with Crippen molar-refractivity contribution in [2.75, 3.05) is 0 Å². The van der Waals surface area contributed by atoms with Gasteiger partial charge in [0.05, 0.1) is 22.8 Å². The summed E-state index contributed by atoms with van der Waals surface area (Å²) in [6.45, 7) is 2.26. The molecule has 1 unspecified atom stereocenters. The summed E-state index contributed by atoms with van der Waals surface area (Å²) < 4.78 is 2.03. The van der Waals surface area contributed by atoms with E-state index in [9.17, 15) is 0 Å². The van der Waals surface area contributed by atoms with E-state index in [1.807, 2.05) is 4.57 Å². The number of allylic oxidation sites excluding steroid dienone is 4. The van der Waals surface area contributed by atoms with E-state index in [-0.39, 0.29) is 0 Å². The number of fused-ring (bicyclic) bond motifs is 6. The Labute approximate surface area is 240 Å². The second-order valence-corrected chi connectivity index (χ2v) is 11.4. The van der Waals surface area contributed by atoms with Crippen LogP contribution in [0.3, 0.4) is 0 Å². The third-order valence-electron chi connectivity index (χ3n) is 9.17. The lowest BCUT2D eigenvalue weighted by molar-refractivity contribution is 0.749. The molecule has 5 aromatic carbocycles. The maximum Gasteiger partial charge on any atom is 0.0908 e. The van der Waals surface area contributed by atoms with Gasteiger partial charge in [-0.2, -0.15) is 0 Å². The minimum Gasteiger partial charge on any atom is -0.300 e. The van der Waals surface area contributed by atoms with Crippen LogP contribution in [-0.4, -0.2) is 10.9 Å². The van der Waals surface area contributed by atoms with Crippen LogP contribution in [-0.2, 0) is 5.41 Å².